The summed E-state index contributed by atoms with van der Waals surface area (Å²) < 4.78 is 34.3. The normalized spacial score (nSPS) is 17.2. The molecule has 2 aromatic carbocycles. The fraction of sp³-hybridized carbons (Fsp3) is 0.458. The van der Waals surface area contributed by atoms with Crippen LogP contribution in [0.15, 0.2) is 47.4 Å². The molecule has 31 heavy (non-hydrogen) atoms. The van der Waals surface area contributed by atoms with Crippen LogP contribution in [0.25, 0.3) is 0 Å². The average Bonchev–Trinajstić information content (AvgIpc) is 2.72. The van der Waals surface area contributed by atoms with E-state index >= 15 is 0 Å². The van der Waals surface area contributed by atoms with Crippen molar-refractivity contribution in [1.29, 1.82) is 0 Å². The highest BCUT2D eigenvalue weighted by molar-refractivity contribution is 7.92. The zero-order valence-electron chi connectivity index (χ0n) is 18.7. The zero-order valence-corrected chi connectivity index (χ0v) is 19.5. The number of nitrogens with one attached hydrogen (secondary N) is 2. The predicted octanol–water partition coefficient (Wildman–Crippen LogP) is 4.25. The molecule has 0 aromatic heterocycles. The van der Waals surface area contributed by atoms with E-state index in [0.717, 1.165) is 25.0 Å². The highest BCUT2D eigenvalue weighted by Gasteiger charge is 2.22. The molecule has 0 spiro atoms. The van der Waals surface area contributed by atoms with Gasteiger partial charge in [-0.15, -0.1) is 0 Å². The van der Waals surface area contributed by atoms with Crippen LogP contribution in [0.1, 0.15) is 55.1 Å². The van der Waals surface area contributed by atoms with Gasteiger partial charge in [0, 0.05) is 24.4 Å². The minimum atomic E-state index is -3.80. The zero-order chi connectivity index (χ0) is 22.6. The van der Waals surface area contributed by atoms with Crippen LogP contribution in [-0.2, 0) is 20.2 Å². The number of sulfonamides is 1. The first-order valence-electron chi connectivity index (χ1n) is 10.7. The Morgan fingerprint density at radius 2 is 1.94 bits per heavy atom. The first-order valence-corrected chi connectivity index (χ1v) is 12.1. The van der Waals surface area contributed by atoms with Crippen molar-refractivity contribution in [3.05, 3.63) is 59.2 Å². The minimum absolute atomic E-state index is 0.167. The quantitative estimate of drug-likeness (QED) is 0.698. The summed E-state index contributed by atoms with van der Waals surface area (Å²) in [6.07, 6.45) is 2.04. The number of amides is 1. The van der Waals surface area contributed by atoms with E-state index in [2.05, 4.69) is 10.0 Å². The molecule has 0 bridgehead atoms. The number of carbonyl (C=O) groups excluding carboxylic acids is 1. The molecule has 1 unspecified atom stereocenters. The second-order valence-corrected chi connectivity index (χ2v) is 10.9. The number of aryl methyl sites for hydroxylation is 1. The van der Waals surface area contributed by atoms with Gasteiger partial charge in [-0.3, -0.25) is 9.52 Å². The largest absolute Gasteiger partial charge is 0.381 e. The second kappa shape index (κ2) is 9.40. The van der Waals surface area contributed by atoms with Crippen molar-refractivity contribution in [3.8, 4) is 0 Å². The van der Waals surface area contributed by atoms with E-state index in [4.69, 9.17) is 4.74 Å². The molecule has 1 fully saturated rings. The predicted molar refractivity (Wildman–Crippen MR) is 123 cm³/mol. The third-order valence-electron chi connectivity index (χ3n) is 5.53. The van der Waals surface area contributed by atoms with Crippen molar-refractivity contribution >= 4 is 21.6 Å². The number of carbonyl (C=O) groups is 1. The SMILES string of the molecule is Cc1ccc(C(C)(C)C)cc1S(=O)(=O)Nc1cccc(C(=O)NCC2CCCOC2)c1. The number of ether oxygens (including phenoxy) is 1. The summed E-state index contributed by atoms with van der Waals surface area (Å²) in [6.45, 7) is 9.90. The Morgan fingerprint density at radius 1 is 1.16 bits per heavy atom. The lowest BCUT2D eigenvalue weighted by Gasteiger charge is -2.22. The molecular formula is C24H32N2O4S. The number of hydrogen-bond donors (Lipinski definition) is 2. The van der Waals surface area contributed by atoms with Crippen molar-refractivity contribution < 1.29 is 17.9 Å². The molecule has 1 amide bonds. The Balaban J connectivity index is 1.74. The van der Waals surface area contributed by atoms with Gasteiger partial charge in [0.05, 0.1) is 11.5 Å². The average molecular weight is 445 g/mol. The summed E-state index contributed by atoms with van der Waals surface area (Å²) in [6, 6.07) is 12.1. The maximum atomic E-state index is 13.1. The Bertz CT molecular complexity index is 1040. The van der Waals surface area contributed by atoms with E-state index in [1.165, 1.54) is 0 Å². The van der Waals surface area contributed by atoms with Gasteiger partial charge in [0.15, 0.2) is 0 Å². The van der Waals surface area contributed by atoms with Crippen LogP contribution in [0.5, 0.6) is 0 Å². The van der Waals surface area contributed by atoms with Crippen LogP contribution in [0, 0.1) is 12.8 Å². The van der Waals surface area contributed by atoms with Crippen LogP contribution < -0.4 is 10.0 Å². The van der Waals surface area contributed by atoms with Crippen LogP contribution in [-0.4, -0.2) is 34.1 Å². The summed E-state index contributed by atoms with van der Waals surface area (Å²) in [5, 5.41) is 2.93. The van der Waals surface area contributed by atoms with Gasteiger partial charge in [-0.05, 0) is 66.5 Å². The first-order chi connectivity index (χ1) is 14.6. The van der Waals surface area contributed by atoms with Crippen molar-refractivity contribution in [2.45, 2.75) is 50.8 Å². The second-order valence-electron chi connectivity index (χ2n) is 9.21. The Kier molecular flexibility index (Phi) is 7.06. The van der Waals surface area contributed by atoms with E-state index in [1.807, 2.05) is 32.9 Å². The summed E-state index contributed by atoms with van der Waals surface area (Å²) in [4.78, 5) is 12.8. The molecule has 168 valence electrons. The summed E-state index contributed by atoms with van der Waals surface area (Å²) in [5.74, 6) is 0.0926. The number of rotatable bonds is 6. The fourth-order valence-corrected chi connectivity index (χ4v) is 4.92. The van der Waals surface area contributed by atoms with Crippen molar-refractivity contribution in [1.82, 2.24) is 5.32 Å². The van der Waals surface area contributed by atoms with Crippen molar-refractivity contribution in [3.63, 3.8) is 0 Å². The van der Waals surface area contributed by atoms with Crippen LogP contribution >= 0.6 is 0 Å². The van der Waals surface area contributed by atoms with Gasteiger partial charge in [-0.25, -0.2) is 8.42 Å². The molecular weight excluding hydrogens is 412 g/mol. The van der Waals surface area contributed by atoms with E-state index in [1.54, 1.807) is 37.3 Å². The van der Waals surface area contributed by atoms with E-state index in [-0.39, 0.29) is 16.2 Å². The van der Waals surface area contributed by atoms with Crippen LogP contribution in [0.4, 0.5) is 5.69 Å². The number of benzene rings is 2. The molecule has 1 aliphatic heterocycles. The monoisotopic (exact) mass is 444 g/mol. The van der Waals surface area contributed by atoms with E-state index in [9.17, 15) is 13.2 Å². The summed E-state index contributed by atoms with van der Waals surface area (Å²) in [7, 11) is -3.80. The molecule has 0 radical (unpaired) electrons. The minimum Gasteiger partial charge on any atom is -0.381 e. The van der Waals surface area contributed by atoms with E-state index < -0.39 is 10.0 Å². The van der Waals surface area contributed by atoms with Gasteiger partial charge in [0.2, 0.25) is 0 Å². The summed E-state index contributed by atoms with van der Waals surface area (Å²) in [5.41, 5.74) is 2.22. The third-order valence-corrected chi connectivity index (χ3v) is 7.05. The lowest BCUT2D eigenvalue weighted by atomic mass is 9.87. The Hall–Kier alpha value is -2.38. The van der Waals surface area contributed by atoms with Gasteiger partial charge in [0.25, 0.3) is 15.9 Å². The van der Waals surface area contributed by atoms with Gasteiger partial charge < -0.3 is 10.1 Å². The Morgan fingerprint density at radius 3 is 2.61 bits per heavy atom. The Labute approximate surface area is 185 Å². The highest BCUT2D eigenvalue weighted by atomic mass is 32.2. The van der Waals surface area contributed by atoms with Crippen LogP contribution in [0.2, 0.25) is 0 Å². The van der Waals surface area contributed by atoms with Crippen LogP contribution in [0.3, 0.4) is 0 Å². The third kappa shape index (κ3) is 6.08. The molecule has 6 nitrogen and oxygen atoms in total. The number of anilines is 1. The molecule has 3 rings (SSSR count). The topological polar surface area (TPSA) is 84.5 Å². The molecule has 7 heteroatoms. The molecule has 1 atom stereocenters. The first kappa shape index (κ1) is 23.3. The molecule has 1 heterocycles. The standard InChI is InChI=1S/C24H32N2O4S/c1-17-10-11-20(24(2,3)4)14-22(17)31(28,29)26-21-9-5-8-19(13-21)23(27)25-15-18-7-6-12-30-16-18/h5,8-11,13-14,18,26H,6-7,12,15-16H2,1-4H3,(H,25,27). The van der Waals surface area contributed by atoms with Crippen molar-refractivity contribution in [2.24, 2.45) is 5.92 Å². The molecule has 0 aliphatic carbocycles. The highest BCUT2D eigenvalue weighted by Crippen LogP contribution is 2.28. The fourth-order valence-electron chi connectivity index (χ4n) is 3.60. The number of hydrogen-bond acceptors (Lipinski definition) is 4. The van der Waals surface area contributed by atoms with Gasteiger partial charge in [0.1, 0.15) is 0 Å². The van der Waals surface area contributed by atoms with Crippen molar-refractivity contribution in [2.75, 3.05) is 24.5 Å². The molecule has 1 saturated heterocycles. The molecule has 1 aliphatic rings. The van der Waals surface area contributed by atoms with Gasteiger partial charge in [-0.1, -0.05) is 39.0 Å². The maximum Gasteiger partial charge on any atom is 0.262 e. The van der Waals surface area contributed by atoms with Gasteiger partial charge in [-0.2, -0.15) is 0 Å². The molecule has 2 aromatic rings. The lowest BCUT2D eigenvalue weighted by molar-refractivity contribution is 0.0536. The van der Waals surface area contributed by atoms with E-state index in [0.29, 0.717) is 35.9 Å². The smallest absolute Gasteiger partial charge is 0.262 e. The van der Waals surface area contributed by atoms with Gasteiger partial charge >= 0.3 is 0 Å². The summed E-state index contributed by atoms with van der Waals surface area (Å²) >= 11 is 0. The molecule has 0 saturated carbocycles. The molecule has 2 N–H and O–H groups in total. The lowest BCUT2D eigenvalue weighted by Crippen LogP contribution is -2.33. The maximum absolute atomic E-state index is 13.1.